The number of carbonyl (C=O) groups is 2. The molecule has 0 radical (unpaired) electrons. The van der Waals surface area contributed by atoms with Crippen molar-refractivity contribution in [1.82, 2.24) is 9.80 Å². The maximum atomic E-state index is 12.4. The van der Waals surface area contributed by atoms with Gasteiger partial charge in [-0.25, -0.2) is 0 Å². The van der Waals surface area contributed by atoms with Crippen LogP contribution in [0.1, 0.15) is 18.4 Å². The van der Waals surface area contributed by atoms with Crippen LogP contribution in [0.4, 0.5) is 0 Å². The molecule has 2 amide bonds. The predicted molar refractivity (Wildman–Crippen MR) is 97.7 cm³/mol. The van der Waals surface area contributed by atoms with E-state index >= 15 is 0 Å². The molecule has 0 aromatic heterocycles. The second-order valence-corrected chi connectivity index (χ2v) is 6.97. The number of hydrogen-bond acceptors (Lipinski definition) is 3. The molecule has 0 aliphatic carbocycles. The Hall–Kier alpha value is -1.82. The lowest BCUT2D eigenvalue weighted by molar-refractivity contribution is -0.137. The molecule has 0 unspecified atom stereocenters. The Morgan fingerprint density at radius 2 is 1.96 bits per heavy atom. The molecule has 1 aliphatic rings. The Bertz CT molecular complexity index is 635. The number of amides is 2. The van der Waals surface area contributed by atoms with Gasteiger partial charge in [0.25, 0.3) is 0 Å². The highest BCUT2D eigenvalue weighted by Gasteiger charge is 2.27. The van der Waals surface area contributed by atoms with Crippen LogP contribution in [-0.2, 0) is 9.59 Å². The van der Waals surface area contributed by atoms with Gasteiger partial charge >= 0.3 is 0 Å². The zero-order chi connectivity index (χ0) is 17.7. The first-order valence-corrected chi connectivity index (χ1v) is 8.73. The maximum Gasteiger partial charge on any atom is 0.246 e. The molecular formula is C18H23BrN2O3. The van der Waals surface area contributed by atoms with Crippen molar-refractivity contribution in [3.63, 3.8) is 0 Å². The maximum absolute atomic E-state index is 12.4. The molecular weight excluding hydrogens is 372 g/mol. The van der Waals surface area contributed by atoms with Gasteiger partial charge in [-0.1, -0.05) is 15.9 Å². The van der Waals surface area contributed by atoms with E-state index in [1.807, 2.05) is 18.2 Å². The van der Waals surface area contributed by atoms with E-state index in [1.165, 1.54) is 0 Å². The molecule has 2 rings (SSSR count). The number of rotatable bonds is 4. The van der Waals surface area contributed by atoms with Gasteiger partial charge in [0.05, 0.1) is 7.11 Å². The first kappa shape index (κ1) is 18.5. The molecule has 1 saturated heterocycles. The summed E-state index contributed by atoms with van der Waals surface area (Å²) in [5, 5.41) is 0. The number of nitrogens with zero attached hydrogens (tertiary/aromatic N) is 2. The lowest BCUT2D eigenvalue weighted by Gasteiger charge is -2.31. The minimum absolute atomic E-state index is 0.0261. The first-order valence-electron chi connectivity index (χ1n) is 7.94. The normalized spacial score (nSPS) is 15.6. The van der Waals surface area contributed by atoms with Gasteiger partial charge in [0.2, 0.25) is 11.8 Å². The van der Waals surface area contributed by atoms with Gasteiger partial charge < -0.3 is 14.5 Å². The fourth-order valence-electron chi connectivity index (χ4n) is 2.81. The zero-order valence-electron chi connectivity index (χ0n) is 14.3. The molecule has 24 heavy (non-hydrogen) atoms. The van der Waals surface area contributed by atoms with Crippen LogP contribution in [0.25, 0.3) is 6.08 Å². The standard InChI is InChI=1S/C18H23BrN2O3/c1-20(2)18(23)13-8-10-21(11-9-13)17(22)7-4-14-12-15(19)5-6-16(14)24-3/h4-7,12-13H,8-11H2,1-3H3. The van der Waals surface area contributed by atoms with Crippen LogP contribution in [0.3, 0.4) is 0 Å². The molecule has 5 nitrogen and oxygen atoms in total. The summed E-state index contributed by atoms with van der Waals surface area (Å²) in [4.78, 5) is 27.8. The Kier molecular flexibility index (Phi) is 6.43. The Morgan fingerprint density at radius 1 is 1.29 bits per heavy atom. The zero-order valence-corrected chi connectivity index (χ0v) is 15.9. The molecule has 130 valence electrons. The minimum atomic E-state index is -0.0345. The second-order valence-electron chi connectivity index (χ2n) is 6.05. The van der Waals surface area contributed by atoms with E-state index < -0.39 is 0 Å². The summed E-state index contributed by atoms with van der Waals surface area (Å²) in [6, 6.07) is 5.65. The quantitative estimate of drug-likeness (QED) is 0.737. The molecule has 1 fully saturated rings. The smallest absolute Gasteiger partial charge is 0.246 e. The SMILES string of the molecule is COc1ccc(Br)cc1C=CC(=O)N1CCC(C(=O)N(C)C)CC1. The van der Waals surface area contributed by atoms with Gasteiger partial charge in [-0.3, -0.25) is 9.59 Å². The monoisotopic (exact) mass is 394 g/mol. The average Bonchev–Trinajstić information content (AvgIpc) is 2.59. The molecule has 1 heterocycles. The summed E-state index contributed by atoms with van der Waals surface area (Å²) in [7, 11) is 5.15. The molecule has 0 saturated carbocycles. The third kappa shape index (κ3) is 4.60. The van der Waals surface area contributed by atoms with Crippen LogP contribution in [-0.4, -0.2) is 55.9 Å². The minimum Gasteiger partial charge on any atom is -0.496 e. The van der Waals surface area contributed by atoms with Crippen molar-refractivity contribution in [1.29, 1.82) is 0 Å². The summed E-state index contributed by atoms with van der Waals surface area (Å²) in [5.41, 5.74) is 0.845. The lowest BCUT2D eigenvalue weighted by atomic mass is 9.95. The average molecular weight is 395 g/mol. The number of likely N-dealkylation sites (tertiary alicyclic amines) is 1. The summed E-state index contributed by atoms with van der Waals surface area (Å²) in [6.07, 6.45) is 4.77. The topological polar surface area (TPSA) is 49.9 Å². The van der Waals surface area contributed by atoms with Gasteiger partial charge in [0.1, 0.15) is 5.75 Å². The largest absolute Gasteiger partial charge is 0.496 e. The van der Waals surface area contributed by atoms with E-state index in [0.29, 0.717) is 13.1 Å². The molecule has 0 N–H and O–H groups in total. The number of methoxy groups -OCH3 is 1. The van der Waals surface area contributed by atoms with Gasteiger partial charge in [-0.05, 0) is 37.1 Å². The van der Waals surface area contributed by atoms with Crippen molar-refractivity contribution in [3.05, 3.63) is 34.3 Å². The van der Waals surface area contributed by atoms with Crippen LogP contribution >= 0.6 is 15.9 Å². The van der Waals surface area contributed by atoms with E-state index in [0.717, 1.165) is 28.6 Å². The molecule has 6 heteroatoms. The number of ether oxygens (including phenoxy) is 1. The Balaban J connectivity index is 1.97. The summed E-state index contributed by atoms with van der Waals surface area (Å²) >= 11 is 3.42. The van der Waals surface area contributed by atoms with E-state index in [4.69, 9.17) is 4.74 Å². The first-order chi connectivity index (χ1) is 11.4. The van der Waals surface area contributed by atoms with Gasteiger partial charge in [-0.15, -0.1) is 0 Å². The van der Waals surface area contributed by atoms with Crippen LogP contribution in [0, 0.1) is 5.92 Å². The van der Waals surface area contributed by atoms with Gasteiger partial charge in [-0.2, -0.15) is 0 Å². The Labute approximate surface area is 151 Å². The summed E-state index contributed by atoms with van der Waals surface area (Å²) in [6.45, 7) is 1.23. The number of piperidine rings is 1. The number of carbonyl (C=O) groups excluding carboxylic acids is 2. The van der Waals surface area contributed by atoms with E-state index in [-0.39, 0.29) is 17.7 Å². The molecule has 1 aliphatic heterocycles. The van der Waals surface area contributed by atoms with Crippen LogP contribution < -0.4 is 4.74 Å². The van der Waals surface area contributed by atoms with E-state index in [9.17, 15) is 9.59 Å². The van der Waals surface area contributed by atoms with Gasteiger partial charge in [0, 0.05) is 49.2 Å². The summed E-state index contributed by atoms with van der Waals surface area (Å²) in [5.74, 6) is 0.861. The third-order valence-electron chi connectivity index (χ3n) is 4.19. The molecule has 0 spiro atoms. The number of benzene rings is 1. The van der Waals surface area contributed by atoms with Crippen molar-refractivity contribution in [2.75, 3.05) is 34.3 Å². The Morgan fingerprint density at radius 3 is 2.54 bits per heavy atom. The van der Waals surface area contributed by atoms with Crippen LogP contribution in [0.2, 0.25) is 0 Å². The highest BCUT2D eigenvalue weighted by molar-refractivity contribution is 9.10. The van der Waals surface area contributed by atoms with Crippen molar-refractivity contribution >= 4 is 33.8 Å². The number of hydrogen-bond donors (Lipinski definition) is 0. The van der Waals surface area contributed by atoms with Crippen molar-refractivity contribution in [3.8, 4) is 5.75 Å². The molecule has 0 bridgehead atoms. The van der Waals surface area contributed by atoms with E-state index in [1.54, 1.807) is 43.2 Å². The van der Waals surface area contributed by atoms with Crippen molar-refractivity contribution in [2.24, 2.45) is 5.92 Å². The predicted octanol–water partition coefficient (Wildman–Crippen LogP) is 2.80. The van der Waals surface area contributed by atoms with Crippen LogP contribution in [0.5, 0.6) is 5.75 Å². The van der Waals surface area contributed by atoms with Crippen molar-refractivity contribution in [2.45, 2.75) is 12.8 Å². The highest BCUT2D eigenvalue weighted by Crippen LogP contribution is 2.24. The van der Waals surface area contributed by atoms with Crippen molar-refractivity contribution < 1.29 is 14.3 Å². The number of halogens is 1. The molecule has 1 aromatic carbocycles. The fraction of sp³-hybridized carbons (Fsp3) is 0.444. The fourth-order valence-corrected chi connectivity index (χ4v) is 3.19. The highest BCUT2D eigenvalue weighted by atomic mass is 79.9. The van der Waals surface area contributed by atoms with Crippen LogP contribution in [0.15, 0.2) is 28.7 Å². The molecule has 0 atom stereocenters. The summed E-state index contributed by atoms with van der Waals surface area (Å²) < 4.78 is 6.23. The van der Waals surface area contributed by atoms with E-state index in [2.05, 4.69) is 15.9 Å². The molecule has 1 aromatic rings. The van der Waals surface area contributed by atoms with Gasteiger partial charge in [0.15, 0.2) is 0 Å². The lowest BCUT2D eigenvalue weighted by Crippen LogP contribution is -2.42. The third-order valence-corrected chi connectivity index (χ3v) is 4.69. The second kappa shape index (κ2) is 8.33.